The highest BCUT2D eigenvalue weighted by atomic mass is 16.5. The molecule has 0 fully saturated rings. The Labute approximate surface area is 165 Å². The van der Waals surface area contributed by atoms with E-state index in [0.717, 1.165) is 12.0 Å². The zero-order chi connectivity index (χ0) is 19.9. The van der Waals surface area contributed by atoms with E-state index in [1.807, 2.05) is 36.4 Å². The van der Waals surface area contributed by atoms with Gasteiger partial charge in [-0.05, 0) is 31.7 Å². The van der Waals surface area contributed by atoms with Crippen molar-refractivity contribution in [1.29, 1.82) is 0 Å². The molecule has 0 radical (unpaired) electrons. The first-order valence-electron chi connectivity index (χ1n) is 9.61. The number of aliphatic hydroxyl groups excluding tert-OH is 1. The lowest BCUT2D eigenvalue weighted by Crippen LogP contribution is -2.17. The second-order valence-electron chi connectivity index (χ2n) is 6.66. The second kappa shape index (κ2) is 9.18. The predicted molar refractivity (Wildman–Crippen MR) is 109 cm³/mol. The quantitative estimate of drug-likeness (QED) is 0.457. The Bertz CT molecular complexity index is 908. The number of rotatable bonds is 4. The maximum atomic E-state index is 13.1. The van der Waals surface area contributed by atoms with Crippen molar-refractivity contribution < 1.29 is 19.4 Å². The lowest BCUT2D eigenvalue weighted by molar-refractivity contribution is -0.138. The molecule has 0 unspecified atom stereocenters. The van der Waals surface area contributed by atoms with E-state index in [4.69, 9.17) is 4.74 Å². The van der Waals surface area contributed by atoms with Gasteiger partial charge in [0.05, 0.1) is 12.2 Å². The normalized spacial score (nSPS) is 19.5. The van der Waals surface area contributed by atoms with Gasteiger partial charge < -0.3 is 9.84 Å². The number of benzene rings is 2. The molecule has 0 atom stereocenters. The van der Waals surface area contributed by atoms with Gasteiger partial charge in [-0.25, -0.2) is 4.79 Å². The van der Waals surface area contributed by atoms with Gasteiger partial charge in [0.25, 0.3) is 0 Å². The SMILES string of the molecule is CCOC(=O)/C1=C(c2ccccc2)/C(=C(\O)c2ccccc2)C(=O)CCCC1. The number of hydrogen-bond donors (Lipinski definition) is 1. The third-order valence-electron chi connectivity index (χ3n) is 4.78. The van der Waals surface area contributed by atoms with Crippen LogP contribution in [0, 0.1) is 0 Å². The highest BCUT2D eigenvalue weighted by molar-refractivity contribution is 6.19. The fourth-order valence-corrected chi connectivity index (χ4v) is 3.46. The Hall–Kier alpha value is -3.14. The van der Waals surface area contributed by atoms with Crippen molar-refractivity contribution >= 4 is 23.1 Å². The molecule has 0 saturated carbocycles. The van der Waals surface area contributed by atoms with Crippen molar-refractivity contribution in [3.05, 3.63) is 82.9 Å². The van der Waals surface area contributed by atoms with Crippen LogP contribution in [0.15, 0.2) is 71.8 Å². The number of aliphatic hydroxyl groups is 1. The Morgan fingerprint density at radius 2 is 1.57 bits per heavy atom. The summed E-state index contributed by atoms with van der Waals surface area (Å²) in [7, 11) is 0. The Balaban J connectivity index is 2.33. The number of allylic oxidation sites excluding steroid dienone is 2. The highest BCUT2D eigenvalue weighted by Gasteiger charge is 2.29. The van der Waals surface area contributed by atoms with Crippen LogP contribution < -0.4 is 0 Å². The molecule has 0 saturated heterocycles. The third kappa shape index (κ3) is 4.22. The largest absolute Gasteiger partial charge is 0.507 e. The molecule has 1 aliphatic rings. The van der Waals surface area contributed by atoms with Crippen LogP contribution in [0.5, 0.6) is 0 Å². The van der Waals surface area contributed by atoms with E-state index >= 15 is 0 Å². The van der Waals surface area contributed by atoms with Gasteiger partial charge in [0.1, 0.15) is 5.76 Å². The van der Waals surface area contributed by atoms with Gasteiger partial charge in [0.2, 0.25) is 0 Å². The zero-order valence-electron chi connectivity index (χ0n) is 16.0. The van der Waals surface area contributed by atoms with E-state index in [-0.39, 0.29) is 23.7 Å². The molecule has 0 heterocycles. The molecular weight excluding hydrogens is 352 g/mol. The minimum absolute atomic E-state index is 0.104. The lowest BCUT2D eigenvalue weighted by Gasteiger charge is -2.21. The predicted octanol–water partition coefficient (Wildman–Crippen LogP) is 5.12. The number of ether oxygens (including phenoxy) is 1. The lowest BCUT2D eigenvalue weighted by atomic mass is 9.83. The number of esters is 1. The molecule has 3 rings (SSSR count). The van der Waals surface area contributed by atoms with Gasteiger partial charge in [-0.15, -0.1) is 0 Å². The minimum atomic E-state index is -0.436. The monoisotopic (exact) mass is 376 g/mol. The number of carbonyl (C=O) groups is 2. The van der Waals surface area contributed by atoms with Crippen molar-refractivity contribution in [3.63, 3.8) is 0 Å². The first-order valence-corrected chi connectivity index (χ1v) is 9.61. The highest BCUT2D eigenvalue weighted by Crippen LogP contribution is 2.37. The van der Waals surface area contributed by atoms with E-state index < -0.39 is 5.97 Å². The van der Waals surface area contributed by atoms with Gasteiger partial charge in [0.15, 0.2) is 5.78 Å². The number of carbonyl (C=O) groups excluding carboxylic acids is 2. The summed E-state index contributed by atoms with van der Waals surface area (Å²) in [4.78, 5) is 25.9. The second-order valence-corrected chi connectivity index (χ2v) is 6.66. The zero-order valence-corrected chi connectivity index (χ0v) is 16.0. The molecule has 0 aliphatic heterocycles. The van der Waals surface area contributed by atoms with Crippen LogP contribution in [0.4, 0.5) is 0 Å². The Morgan fingerprint density at radius 1 is 0.964 bits per heavy atom. The maximum Gasteiger partial charge on any atom is 0.334 e. The molecule has 1 aliphatic carbocycles. The van der Waals surface area contributed by atoms with Crippen molar-refractivity contribution in [2.45, 2.75) is 32.6 Å². The average Bonchev–Trinajstić information content (AvgIpc) is 2.72. The summed E-state index contributed by atoms with van der Waals surface area (Å²) in [5.74, 6) is -0.704. The van der Waals surface area contributed by atoms with E-state index in [2.05, 4.69) is 0 Å². The molecule has 0 spiro atoms. The van der Waals surface area contributed by atoms with Crippen LogP contribution in [0.3, 0.4) is 0 Å². The first-order chi connectivity index (χ1) is 13.6. The summed E-state index contributed by atoms with van der Waals surface area (Å²) < 4.78 is 5.29. The van der Waals surface area contributed by atoms with Crippen molar-refractivity contribution in [2.75, 3.05) is 6.61 Å². The molecule has 0 amide bonds. The first kappa shape index (κ1) is 19.6. The molecule has 0 bridgehead atoms. The Kier molecular flexibility index (Phi) is 6.43. The summed E-state index contributed by atoms with van der Waals surface area (Å²) >= 11 is 0. The molecular formula is C24H24O4. The third-order valence-corrected chi connectivity index (χ3v) is 4.78. The molecule has 144 valence electrons. The van der Waals surface area contributed by atoms with Crippen molar-refractivity contribution in [2.24, 2.45) is 0 Å². The average molecular weight is 376 g/mol. The summed E-state index contributed by atoms with van der Waals surface area (Å²) in [6.45, 7) is 2.01. The van der Waals surface area contributed by atoms with Crippen LogP contribution in [0.2, 0.25) is 0 Å². The fourth-order valence-electron chi connectivity index (χ4n) is 3.46. The number of Topliss-reactive ketones (excluding diaryl/α,β-unsaturated/α-hetero) is 1. The van der Waals surface area contributed by atoms with Crippen LogP contribution in [-0.4, -0.2) is 23.5 Å². The fraction of sp³-hybridized carbons (Fsp3) is 0.250. The van der Waals surface area contributed by atoms with E-state index in [0.29, 0.717) is 36.0 Å². The summed E-state index contributed by atoms with van der Waals surface area (Å²) in [6, 6.07) is 18.2. The van der Waals surface area contributed by atoms with Gasteiger partial charge in [-0.3, -0.25) is 4.79 Å². The van der Waals surface area contributed by atoms with Crippen LogP contribution in [-0.2, 0) is 14.3 Å². The van der Waals surface area contributed by atoms with E-state index in [1.165, 1.54) is 0 Å². The van der Waals surface area contributed by atoms with E-state index in [1.54, 1.807) is 31.2 Å². The summed E-state index contributed by atoms with van der Waals surface area (Å²) in [6.07, 6.45) is 2.21. The molecule has 28 heavy (non-hydrogen) atoms. The van der Waals surface area contributed by atoms with Gasteiger partial charge in [-0.2, -0.15) is 0 Å². The van der Waals surface area contributed by atoms with Gasteiger partial charge in [0, 0.05) is 23.1 Å². The van der Waals surface area contributed by atoms with Crippen LogP contribution in [0.1, 0.15) is 43.7 Å². The van der Waals surface area contributed by atoms with E-state index in [9.17, 15) is 14.7 Å². The smallest absolute Gasteiger partial charge is 0.334 e. The number of ketones is 1. The number of hydrogen-bond acceptors (Lipinski definition) is 4. The summed E-state index contributed by atoms with van der Waals surface area (Å²) in [5, 5.41) is 11.1. The molecule has 0 aromatic heterocycles. The Morgan fingerprint density at radius 3 is 2.21 bits per heavy atom. The van der Waals surface area contributed by atoms with Gasteiger partial charge in [-0.1, -0.05) is 60.7 Å². The standard InChI is InChI=1S/C24H24O4/c1-2-28-24(27)19-15-9-10-16-20(25)22(21(19)17-11-5-3-6-12-17)23(26)18-13-7-4-8-14-18/h3-8,11-14,26H,2,9-10,15-16H2,1H3/b21-19+,23-22-. The molecule has 2 aromatic carbocycles. The van der Waals surface area contributed by atoms with Gasteiger partial charge >= 0.3 is 5.97 Å². The molecule has 4 heteroatoms. The van der Waals surface area contributed by atoms with Crippen LogP contribution >= 0.6 is 0 Å². The topological polar surface area (TPSA) is 63.6 Å². The van der Waals surface area contributed by atoms with Crippen molar-refractivity contribution in [3.8, 4) is 0 Å². The summed E-state index contributed by atoms with van der Waals surface area (Å²) in [5.41, 5.74) is 2.38. The maximum absolute atomic E-state index is 13.1. The van der Waals surface area contributed by atoms with Crippen LogP contribution in [0.25, 0.3) is 11.3 Å². The molecule has 2 aromatic rings. The molecule has 4 nitrogen and oxygen atoms in total. The van der Waals surface area contributed by atoms with Crippen molar-refractivity contribution in [1.82, 2.24) is 0 Å². The minimum Gasteiger partial charge on any atom is -0.507 e. The molecule has 1 N–H and O–H groups in total.